The largest absolute Gasteiger partial charge is 0.394 e. The minimum Gasteiger partial charge on any atom is -0.394 e. The van der Waals surface area contributed by atoms with Crippen molar-refractivity contribution in [3.63, 3.8) is 0 Å². The van der Waals surface area contributed by atoms with E-state index in [1.54, 1.807) is 4.90 Å². The Morgan fingerprint density at radius 1 is 1.24 bits per heavy atom. The summed E-state index contributed by atoms with van der Waals surface area (Å²) >= 11 is 0. The molecule has 0 radical (unpaired) electrons. The standard InChI is InChI=1S/C20H31N3O2/c1-16-6-5-12-23(19(16)15-24)20(25)21-18-8-4-7-17(14-18)9-13-22-10-2-3-11-22/h4,7-8,14,16,19,24H,2-3,5-6,9-13,15H2,1H3,(H,21,25). The number of hydrogen-bond acceptors (Lipinski definition) is 3. The highest BCUT2D eigenvalue weighted by Gasteiger charge is 2.31. The summed E-state index contributed by atoms with van der Waals surface area (Å²) in [4.78, 5) is 17.0. The molecule has 0 aromatic heterocycles. The molecule has 2 saturated heterocycles. The van der Waals surface area contributed by atoms with Gasteiger partial charge in [0.05, 0.1) is 12.6 Å². The Hall–Kier alpha value is -1.59. The maximum Gasteiger partial charge on any atom is 0.322 e. The van der Waals surface area contributed by atoms with E-state index in [1.807, 2.05) is 12.1 Å². The lowest BCUT2D eigenvalue weighted by Crippen LogP contribution is -2.51. The molecule has 1 aromatic rings. The van der Waals surface area contributed by atoms with Gasteiger partial charge in [0.15, 0.2) is 0 Å². The second kappa shape index (κ2) is 8.68. The number of hydrogen-bond donors (Lipinski definition) is 2. The number of amides is 2. The molecule has 0 aliphatic carbocycles. The third kappa shape index (κ3) is 4.73. The molecule has 0 spiro atoms. The summed E-state index contributed by atoms with van der Waals surface area (Å²) in [5.74, 6) is 0.344. The van der Waals surface area contributed by atoms with Gasteiger partial charge >= 0.3 is 6.03 Å². The van der Waals surface area contributed by atoms with Gasteiger partial charge in [-0.05, 0) is 68.8 Å². The van der Waals surface area contributed by atoms with E-state index in [0.29, 0.717) is 5.92 Å². The van der Waals surface area contributed by atoms with Crippen LogP contribution in [0.25, 0.3) is 0 Å². The fraction of sp³-hybridized carbons (Fsp3) is 0.650. The van der Waals surface area contributed by atoms with E-state index in [-0.39, 0.29) is 18.7 Å². The van der Waals surface area contributed by atoms with Crippen LogP contribution in [0.4, 0.5) is 10.5 Å². The van der Waals surface area contributed by atoms with E-state index < -0.39 is 0 Å². The van der Waals surface area contributed by atoms with Crippen LogP contribution in [0.3, 0.4) is 0 Å². The number of anilines is 1. The Morgan fingerprint density at radius 3 is 2.80 bits per heavy atom. The molecule has 138 valence electrons. The number of benzene rings is 1. The molecular weight excluding hydrogens is 314 g/mol. The van der Waals surface area contributed by atoms with E-state index in [4.69, 9.17) is 0 Å². The average Bonchev–Trinajstić information content (AvgIpc) is 3.13. The van der Waals surface area contributed by atoms with Crippen LogP contribution in [-0.4, -0.2) is 59.8 Å². The summed E-state index contributed by atoms with van der Waals surface area (Å²) in [5, 5.41) is 12.7. The van der Waals surface area contributed by atoms with Crippen molar-refractivity contribution in [3.05, 3.63) is 29.8 Å². The van der Waals surface area contributed by atoms with Crippen LogP contribution in [0.5, 0.6) is 0 Å². The molecular formula is C20H31N3O2. The Bertz CT molecular complexity index is 572. The number of carbonyl (C=O) groups is 1. The zero-order chi connectivity index (χ0) is 17.6. The number of nitrogens with zero attached hydrogens (tertiary/aromatic N) is 2. The highest BCUT2D eigenvalue weighted by Crippen LogP contribution is 2.24. The topological polar surface area (TPSA) is 55.8 Å². The SMILES string of the molecule is CC1CCCN(C(=O)Nc2cccc(CCN3CCCC3)c2)C1CO. The smallest absolute Gasteiger partial charge is 0.322 e. The molecule has 2 unspecified atom stereocenters. The van der Waals surface area contributed by atoms with Crippen LogP contribution in [0, 0.1) is 5.92 Å². The lowest BCUT2D eigenvalue weighted by molar-refractivity contribution is 0.0811. The number of rotatable bonds is 5. The van der Waals surface area contributed by atoms with Crippen molar-refractivity contribution in [1.29, 1.82) is 0 Å². The molecule has 0 bridgehead atoms. The lowest BCUT2D eigenvalue weighted by atomic mass is 9.91. The first-order chi connectivity index (χ1) is 12.2. The number of urea groups is 1. The Morgan fingerprint density at radius 2 is 2.04 bits per heavy atom. The Labute approximate surface area is 151 Å². The van der Waals surface area contributed by atoms with Crippen molar-refractivity contribution in [2.45, 2.75) is 45.1 Å². The van der Waals surface area contributed by atoms with Crippen LogP contribution in [0.2, 0.25) is 0 Å². The van der Waals surface area contributed by atoms with Gasteiger partial charge in [0.2, 0.25) is 0 Å². The van der Waals surface area contributed by atoms with Crippen molar-refractivity contribution in [3.8, 4) is 0 Å². The predicted octanol–water partition coefficient (Wildman–Crippen LogP) is 2.95. The molecule has 5 heteroatoms. The molecule has 25 heavy (non-hydrogen) atoms. The van der Waals surface area contributed by atoms with Crippen LogP contribution >= 0.6 is 0 Å². The van der Waals surface area contributed by atoms with Gasteiger partial charge in [-0.1, -0.05) is 19.1 Å². The normalized spacial score (nSPS) is 24.5. The van der Waals surface area contributed by atoms with Gasteiger partial charge in [-0.2, -0.15) is 0 Å². The number of aliphatic hydroxyl groups excluding tert-OH is 1. The average molecular weight is 345 g/mol. The number of nitrogens with one attached hydrogen (secondary N) is 1. The molecule has 5 nitrogen and oxygen atoms in total. The van der Waals surface area contributed by atoms with Crippen LogP contribution in [-0.2, 0) is 6.42 Å². The third-order valence-corrected chi connectivity index (χ3v) is 5.66. The van der Waals surface area contributed by atoms with Crippen molar-refractivity contribution in [2.24, 2.45) is 5.92 Å². The van der Waals surface area contributed by atoms with Gasteiger partial charge in [0.25, 0.3) is 0 Å². The third-order valence-electron chi connectivity index (χ3n) is 5.66. The van der Waals surface area contributed by atoms with E-state index >= 15 is 0 Å². The molecule has 3 rings (SSSR count). The Kier molecular flexibility index (Phi) is 6.32. The van der Waals surface area contributed by atoms with Crippen LogP contribution < -0.4 is 5.32 Å². The van der Waals surface area contributed by atoms with Crippen LogP contribution in [0.1, 0.15) is 38.2 Å². The lowest BCUT2D eigenvalue weighted by Gasteiger charge is -2.38. The fourth-order valence-corrected chi connectivity index (χ4v) is 4.07. The molecule has 2 fully saturated rings. The molecule has 2 aliphatic heterocycles. The Balaban J connectivity index is 1.58. The first kappa shape index (κ1) is 18.2. The van der Waals surface area contributed by atoms with Gasteiger partial charge in [-0.15, -0.1) is 0 Å². The van der Waals surface area contributed by atoms with Gasteiger partial charge in [0, 0.05) is 18.8 Å². The van der Waals surface area contributed by atoms with Crippen molar-refractivity contribution >= 4 is 11.7 Å². The van der Waals surface area contributed by atoms with Gasteiger partial charge in [-0.3, -0.25) is 0 Å². The number of carbonyl (C=O) groups excluding carboxylic acids is 1. The summed E-state index contributed by atoms with van der Waals surface area (Å²) in [7, 11) is 0. The number of piperidine rings is 1. The van der Waals surface area contributed by atoms with Crippen molar-refractivity contribution < 1.29 is 9.90 Å². The number of likely N-dealkylation sites (tertiary alicyclic amines) is 2. The first-order valence-corrected chi connectivity index (χ1v) is 9.67. The molecule has 2 heterocycles. The number of aliphatic hydroxyl groups is 1. The van der Waals surface area contributed by atoms with E-state index in [9.17, 15) is 9.90 Å². The molecule has 0 saturated carbocycles. The van der Waals surface area contributed by atoms with Gasteiger partial charge in [0.1, 0.15) is 0 Å². The predicted molar refractivity (Wildman–Crippen MR) is 101 cm³/mol. The molecule has 1 aromatic carbocycles. The monoisotopic (exact) mass is 345 g/mol. The minimum absolute atomic E-state index is 0.0322. The molecule has 2 atom stereocenters. The molecule has 2 amide bonds. The summed E-state index contributed by atoms with van der Waals surface area (Å²) in [6.07, 6.45) is 5.72. The summed E-state index contributed by atoms with van der Waals surface area (Å²) in [6, 6.07) is 7.99. The van der Waals surface area contributed by atoms with Crippen LogP contribution in [0.15, 0.2) is 24.3 Å². The van der Waals surface area contributed by atoms with E-state index in [2.05, 4.69) is 29.3 Å². The van der Waals surface area contributed by atoms with Crippen molar-refractivity contribution in [1.82, 2.24) is 9.80 Å². The van der Waals surface area contributed by atoms with Gasteiger partial charge < -0.3 is 20.2 Å². The summed E-state index contributed by atoms with van der Waals surface area (Å²) in [5.41, 5.74) is 2.11. The van der Waals surface area contributed by atoms with Crippen molar-refractivity contribution in [2.75, 3.05) is 38.1 Å². The first-order valence-electron chi connectivity index (χ1n) is 9.67. The zero-order valence-electron chi connectivity index (χ0n) is 15.3. The highest BCUT2D eigenvalue weighted by molar-refractivity contribution is 5.89. The maximum atomic E-state index is 12.7. The second-order valence-corrected chi connectivity index (χ2v) is 7.49. The summed E-state index contributed by atoms with van der Waals surface area (Å²) < 4.78 is 0. The fourth-order valence-electron chi connectivity index (χ4n) is 4.07. The van der Waals surface area contributed by atoms with E-state index in [1.165, 1.54) is 31.5 Å². The maximum absolute atomic E-state index is 12.7. The summed E-state index contributed by atoms with van der Waals surface area (Å²) in [6.45, 7) is 6.38. The highest BCUT2D eigenvalue weighted by atomic mass is 16.3. The molecule has 2 aliphatic rings. The van der Waals surface area contributed by atoms with E-state index in [0.717, 1.165) is 38.0 Å². The second-order valence-electron chi connectivity index (χ2n) is 7.49. The zero-order valence-corrected chi connectivity index (χ0v) is 15.3. The molecule has 2 N–H and O–H groups in total. The minimum atomic E-state index is -0.0951. The quantitative estimate of drug-likeness (QED) is 0.863. The van der Waals surface area contributed by atoms with Gasteiger partial charge in [-0.25, -0.2) is 4.79 Å².